The summed E-state index contributed by atoms with van der Waals surface area (Å²) in [6, 6.07) is 2.26. The van der Waals surface area contributed by atoms with Gasteiger partial charge in [0.2, 0.25) is 11.8 Å². The SMILES string of the molecule is CCCc1[nH]nc2c1[C@@H]([C@H]1CC=CCC1)C(C#N)=C(N)O2. The van der Waals surface area contributed by atoms with Crippen LogP contribution in [0.1, 0.15) is 49.8 Å². The van der Waals surface area contributed by atoms with E-state index in [-0.39, 0.29) is 11.8 Å². The van der Waals surface area contributed by atoms with Crippen LogP contribution in [-0.2, 0) is 6.42 Å². The largest absolute Gasteiger partial charge is 0.420 e. The lowest BCUT2D eigenvalue weighted by molar-refractivity contribution is 0.339. The first-order chi connectivity index (χ1) is 10.3. The molecule has 2 atom stereocenters. The van der Waals surface area contributed by atoms with Crippen molar-refractivity contribution in [2.75, 3.05) is 0 Å². The Kier molecular flexibility index (Phi) is 3.70. The molecule has 0 unspecified atom stereocenters. The molecule has 0 amide bonds. The molecule has 5 nitrogen and oxygen atoms in total. The van der Waals surface area contributed by atoms with Crippen molar-refractivity contribution in [3.63, 3.8) is 0 Å². The summed E-state index contributed by atoms with van der Waals surface area (Å²) < 4.78 is 5.56. The third-order valence-electron chi connectivity index (χ3n) is 4.34. The van der Waals surface area contributed by atoms with Gasteiger partial charge in [0.05, 0.1) is 5.57 Å². The predicted octanol–water partition coefficient (Wildman–Crippen LogP) is 2.89. The van der Waals surface area contributed by atoms with E-state index in [4.69, 9.17) is 10.5 Å². The first-order valence-electron chi connectivity index (χ1n) is 7.56. The maximum Gasteiger partial charge on any atom is 0.243 e. The number of H-pyrrole nitrogens is 1. The van der Waals surface area contributed by atoms with E-state index in [0.717, 1.165) is 43.4 Å². The Labute approximate surface area is 124 Å². The zero-order chi connectivity index (χ0) is 14.8. The molecule has 21 heavy (non-hydrogen) atoms. The van der Waals surface area contributed by atoms with Crippen LogP contribution < -0.4 is 10.5 Å². The summed E-state index contributed by atoms with van der Waals surface area (Å²) in [4.78, 5) is 0. The lowest BCUT2D eigenvalue weighted by Crippen LogP contribution is -2.26. The van der Waals surface area contributed by atoms with E-state index in [1.54, 1.807) is 0 Å². The van der Waals surface area contributed by atoms with Crippen molar-refractivity contribution in [3.05, 3.63) is 34.9 Å². The van der Waals surface area contributed by atoms with Gasteiger partial charge in [-0.25, -0.2) is 0 Å². The number of rotatable bonds is 3. The number of hydrogen-bond donors (Lipinski definition) is 2. The number of hydrogen-bond acceptors (Lipinski definition) is 4. The highest BCUT2D eigenvalue weighted by molar-refractivity contribution is 5.49. The van der Waals surface area contributed by atoms with Crippen molar-refractivity contribution in [3.8, 4) is 11.9 Å². The number of nitriles is 1. The van der Waals surface area contributed by atoms with Crippen LogP contribution in [0, 0.1) is 17.2 Å². The molecular formula is C16H20N4O. The van der Waals surface area contributed by atoms with Crippen LogP contribution in [0.5, 0.6) is 5.88 Å². The van der Waals surface area contributed by atoms with Gasteiger partial charge in [0, 0.05) is 17.2 Å². The number of ether oxygens (including phenoxy) is 1. The average Bonchev–Trinajstić information content (AvgIpc) is 2.89. The second-order valence-corrected chi connectivity index (χ2v) is 5.68. The van der Waals surface area contributed by atoms with E-state index in [1.807, 2.05) is 0 Å². The van der Waals surface area contributed by atoms with E-state index in [0.29, 0.717) is 17.4 Å². The molecule has 1 aromatic rings. The minimum absolute atomic E-state index is 0.00370. The first-order valence-corrected chi connectivity index (χ1v) is 7.56. The Morgan fingerprint density at radius 2 is 2.38 bits per heavy atom. The summed E-state index contributed by atoms with van der Waals surface area (Å²) in [7, 11) is 0. The van der Waals surface area contributed by atoms with Gasteiger partial charge in [-0.2, -0.15) is 5.26 Å². The molecule has 0 aromatic carbocycles. The molecule has 0 saturated heterocycles. The fourth-order valence-electron chi connectivity index (χ4n) is 3.38. The van der Waals surface area contributed by atoms with E-state index in [9.17, 15) is 5.26 Å². The number of allylic oxidation sites excluding steroid dienone is 3. The zero-order valence-electron chi connectivity index (χ0n) is 12.2. The molecule has 0 bridgehead atoms. The molecule has 1 aliphatic heterocycles. The Hall–Kier alpha value is -2.22. The molecule has 5 heteroatoms. The van der Waals surface area contributed by atoms with E-state index in [1.165, 1.54) is 0 Å². The second kappa shape index (κ2) is 5.65. The van der Waals surface area contributed by atoms with Crippen LogP contribution in [0.3, 0.4) is 0 Å². The van der Waals surface area contributed by atoms with Crippen molar-refractivity contribution in [2.45, 2.75) is 44.9 Å². The number of aromatic amines is 1. The van der Waals surface area contributed by atoms with Crippen LogP contribution in [0.25, 0.3) is 0 Å². The molecule has 0 spiro atoms. The molecular weight excluding hydrogens is 264 g/mol. The molecule has 1 aromatic heterocycles. The summed E-state index contributed by atoms with van der Waals surface area (Å²) in [6.07, 6.45) is 9.43. The molecule has 110 valence electrons. The van der Waals surface area contributed by atoms with Crippen molar-refractivity contribution in [1.82, 2.24) is 10.2 Å². The lowest BCUT2D eigenvalue weighted by atomic mass is 9.74. The summed E-state index contributed by atoms with van der Waals surface area (Å²) >= 11 is 0. The molecule has 0 fully saturated rings. The van der Waals surface area contributed by atoms with Crippen LogP contribution in [-0.4, -0.2) is 10.2 Å². The zero-order valence-corrected chi connectivity index (χ0v) is 12.2. The van der Waals surface area contributed by atoms with Gasteiger partial charge in [-0.15, -0.1) is 5.10 Å². The van der Waals surface area contributed by atoms with Crippen molar-refractivity contribution in [2.24, 2.45) is 11.7 Å². The maximum absolute atomic E-state index is 9.53. The van der Waals surface area contributed by atoms with Gasteiger partial charge < -0.3 is 10.5 Å². The highest BCUT2D eigenvalue weighted by Gasteiger charge is 2.38. The number of nitrogens with one attached hydrogen (secondary N) is 1. The number of aryl methyl sites for hydroxylation is 1. The van der Waals surface area contributed by atoms with Gasteiger partial charge in [0.15, 0.2) is 0 Å². The van der Waals surface area contributed by atoms with Crippen LogP contribution in [0.15, 0.2) is 23.6 Å². The van der Waals surface area contributed by atoms with Gasteiger partial charge >= 0.3 is 0 Å². The molecule has 1 aliphatic carbocycles. The fraction of sp³-hybridized carbons (Fsp3) is 0.500. The Morgan fingerprint density at radius 1 is 1.52 bits per heavy atom. The monoisotopic (exact) mass is 284 g/mol. The third-order valence-corrected chi connectivity index (χ3v) is 4.34. The summed E-state index contributed by atoms with van der Waals surface area (Å²) in [5, 5.41) is 16.8. The summed E-state index contributed by atoms with van der Waals surface area (Å²) in [6.45, 7) is 2.13. The molecule has 0 radical (unpaired) electrons. The van der Waals surface area contributed by atoms with Gasteiger partial charge in [-0.3, -0.25) is 5.10 Å². The Morgan fingerprint density at radius 3 is 3.05 bits per heavy atom. The van der Waals surface area contributed by atoms with Gasteiger partial charge in [0.25, 0.3) is 0 Å². The van der Waals surface area contributed by atoms with Crippen molar-refractivity contribution in [1.29, 1.82) is 5.26 Å². The van der Waals surface area contributed by atoms with E-state index >= 15 is 0 Å². The quantitative estimate of drug-likeness (QED) is 0.835. The summed E-state index contributed by atoms with van der Waals surface area (Å²) in [5.74, 6) is 1.15. The minimum Gasteiger partial charge on any atom is -0.420 e. The topological polar surface area (TPSA) is 87.7 Å². The highest BCUT2D eigenvalue weighted by Crippen LogP contribution is 2.46. The van der Waals surface area contributed by atoms with Gasteiger partial charge in [-0.1, -0.05) is 25.5 Å². The standard InChI is InChI=1S/C16H20N4O/c1-2-6-12-14-13(10-7-4-3-5-8-10)11(9-17)15(18)21-16(14)20-19-12/h3-4,10,13H,2,5-8,18H2,1H3,(H,19,20)/t10-,13-/m0/s1. The normalized spacial score (nSPS) is 24.4. The van der Waals surface area contributed by atoms with Gasteiger partial charge in [-0.05, 0) is 31.6 Å². The number of nitrogens with zero attached hydrogens (tertiary/aromatic N) is 2. The number of nitrogens with two attached hydrogens (primary N) is 1. The lowest BCUT2D eigenvalue weighted by Gasteiger charge is -2.31. The van der Waals surface area contributed by atoms with Crippen molar-refractivity contribution < 1.29 is 4.74 Å². The maximum atomic E-state index is 9.53. The summed E-state index contributed by atoms with van der Waals surface area (Å²) in [5.41, 5.74) is 8.63. The highest BCUT2D eigenvalue weighted by atomic mass is 16.5. The Balaban J connectivity index is 2.07. The minimum atomic E-state index is 0.00370. The van der Waals surface area contributed by atoms with Crippen LogP contribution in [0.2, 0.25) is 0 Å². The Bertz CT molecular complexity index is 635. The second-order valence-electron chi connectivity index (χ2n) is 5.68. The third kappa shape index (κ3) is 2.31. The molecule has 0 saturated carbocycles. The molecule has 2 aliphatic rings. The molecule has 3 rings (SSSR count). The first kappa shape index (κ1) is 13.7. The number of aromatic nitrogens is 2. The molecule has 2 heterocycles. The average molecular weight is 284 g/mol. The van der Waals surface area contributed by atoms with Crippen molar-refractivity contribution >= 4 is 0 Å². The number of fused-ring (bicyclic) bond motifs is 1. The van der Waals surface area contributed by atoms with E-state index in [2.05, 4.69) is 35.3 Å². The molecule has 3 N–H and O–H groups in total. The van der Waals surface area contributed by atoms with Crippen LogP contribution >= 0.6 is 0 Å². The van der Waals surface area contributed by atoms with Gasteiger partial charge in [0.1, 0.15) is 6.07 Å². The fourth-order valence-corrected chi connectivity index (χ4v) is 3.38. The predicted molar refractivity (Wildman–Crippen MR) is 79.3 cm³/mol. The van der Waals surface area contributed by atoms with Crippen LogP contribution in [0.4, 0.5) is 0 Å². The smallest absolute Gasteiger partial charge is 0.243 e. The van der Waals surface area contributed by atoms with E-state index < -0.39 is 0 Å².